The van der Waals surface area contributed by atoms with Crippen LogP contribution in [0.4, 0.5) is 10.5 Å². The van der Waals surface area contributed by atoms with Gasteiger partial charge in [-0.2, -0.15) is 0 Å². The molecule has 5 nitrogen and oxygen atoms in total. The van der Waals surface area contributed by atoms with E-state index in [-0.39, 0.29) is 6.54 Å². The van der Waals surface area contributed by atoms with E-state index in [2.05, 4.69) is 0 Å². The third-order valence-corrected chi connectivity index (χ3v) is 2.93. The molecule has 2 amide bonds. The Morgan fingerprint density at radius 1 is 1.32 bits per heavy atom. The van der Waals surface area contributed by atoms with Crippen molar-refractivity contribution in [3.8, 4) is 0 Å². The average molecular weight is 262 g/mol. The first-order chi connectivity index (χ1) is 8.79. The number of nitrogens with zero attached hydrogens (tertiary/aromatic N) is 1. The lowest BCUT2D eigenvalue weighted by molar-refractivity contribution is -0.119. The molecule has 19 heavy (non-hydrogen) atoms. The molecule has 0 aromatic heterocycles. The molecule has 0 saturated heterocycles. The minimum absolute atomic E-state index is 0.240. The van der Waals surface area contributed by atoms with Gasteiger partial charge in [-0.05, 0) is 32.4 Å². The van der Waals surface area contributed by atoms with Crippen LogP contribution in [0, 0.1) is 0 Å². The van der Waals surface area contributed by atoms with Gasteiger partial charge in [0.25, 0.3) is 0 Å². The fourth-order valence-electron chi connectivity index (χ4n) is 2.14. The lowest BCUT2D eigenvalue weighted by atomic mass is 10.0. The zero-order valence-corrected chi connectivity index (χ0v) is 11.3. The van der Waals surface area contributed by atoms with E-state index >= 15 is 0 Å². The summed E-state index contributed by atoms with van der Waals surface area (Å²) in [7, 11) is 0. The second kappa shape index (κ2) is 4.57. The maximum absolute atomic E-state index is 12.1. The van der Waals surface area contributed by atoms with Gasteiger partial charge in [-0.15, -0.1) is 0 Å². The van der Waals surface area contributed by atoms with Crippen LogP contribution in [0.25, 0.3) is 0 Å². The lowest BCUT2D eigenvalue weighted by Gasteiger charge is -2.24. The van der Waals surface area contributed by atoms with Gasteiger partial charge in [-0.3, -0.25) is 9.69 Å². The molecule has 5 heteroatoms. The van der Waals surface area contributed by atoms with Crippen LogP contribution in [0.2, 0.25) is 0 Å². The maximum atomic E-state index is 12.1. The third-order valence-electron chi connectivity index (χ3n) is 2.93. The number of hydrogen-bond acceptors (Lipinski definition) is 3. The topological polar surface area (TPSA) is 72.6 Å². The van der Waals surface area contributed by atoms with Gasteiger partial charge in [0.2, 0.25) is 5.91 Å². The number of carbonyl (C=O) groups is 2. The molecule has 1 heterocycles. The molecule has 2 N–H and O–H groups in total. The Labute approximate surface area is 112 Å². The lowest BCUT2D eigenvalue weighted by Crippen LogP contribution is -2.37. The fraction of sp³-hybridized carbons (Fsp3) is 0.429. The molecular formula is C14H18N2O3. The standard InChI is InChI=1S/C14H18N2O3/c1-14(2,3)19-13(18)16-8-10(12(15)17)9-6-4-5-7-11(9)16/h4-7,10H,8H2,1-3H3,(H2,15,17)/t10-/m0/s1. The molecular weight excluding hydrogens is 244 g/mol. The molecule has 102 valence electrons. The molecule has 1 aromatic rings. The van der Waals surface area contributed by atoms with E-state index in [1.165, 1.54) is 4.90 Å². The van der Waals surface area contributed by atoms with Crippen LogP contribution in [0.15, 0.2) is 24.3 Å². The third kappa shape index (κ3) is 2.70. The van der Waals surface area contributed by atoms with Crippen LogP contribution in [0.1, 0.15) is 32.3 Å². The number of anilines is 1. The van der Waals surface area contributed by atoms with Crippen LogP contribution >= 0.6 is 0 Å². The number of ether oxygens (including phenoxy) is 1. The Balaban J connectivity index is 2.30. The number of nitrogens with two attached hydrogens (primary N) is 1. The molecule has 0 bridgehead atoms. The van der Waals surface area contributed by atoms with Gasteiger partial charge >= 0.3 is 6.09 Å². The Kier molecular flexibility index (Phi) is 3.22. The van der Waals surface area contributed by atoms with Gasteiger partial charge in [0, 0.05) is 6.54 Å². The zero-order chi connectivity index (χ0) is 14.2. The Morgan fingerprint density at radius 2 is 1.95 bits per heavy atom. The van der Waals surface area contributed by atoms with Gasteiger partial charge in [-0.1, -0.05) is 18.2 Å². The minimum Gasteiger partial charge on any atom is -0.443 e. The summed E-state index contributed by atoms with van der Waals surface area (Å²) >= 11 is 0. The average Bonchev–Trinajstić information content (AvgIpc) is 2.66. The molecule has 0 saturated carbocycles. The molecule has 1 aliphatic heterocycles. The fourth-order valence-corrected chi connectivity index (χ4v) is 2.14. The van der Waals surface area contributed by atoms with Gasteiger partial charge < -0.3 is 10.5 Å². The molecule has 2 rings (SSSR count). The predicted molar refractivity (Wildman–Crippen MR) is 72.0 cm³/mol. The summed E-state index contributed by atoms with van der Waals surface area (Å²) in [5, 5.41) is 0. The minimum atomic E-state index is -0.573. The van der Waals surface area contributed by atoms with Gasteiger partial charge in [0.15, 0.2) is 0 Å². The summed E-state index contributed by atoms with van der Waals surface area (Å²) in [6.07, 6.45) is -0.455. The molecule has 0 aliphatic carbocycles. The Bertz CT molecular complexity index is 520. The van der Waals surface area contributed by atoms with E-state index < -0.39 is 23.5 Å². The van der Waals surface area contributed by atoms with E-state index in [0.29, 0.717) is 5.69 Å². The quantitative estimate of drug-likeness (QED) is 0.841. The van der Waals surface area contributed by atoms with Gasteiger partial charge in [-0.25, -0.2) is 4.79 Å². The van der Waals surface area contributed by atoms with Gasteiger partial charge in [0.05, 0.1) is 11.6 Å². The highest BCUT2D eigenvalue weighted by atomic mass is 16.6. The van der Waals surface area contributed by atoms with Crippen molar-refractivity contribution in [3.63, 3.8) is 0 Å². The molecule has 0 unspecified atom stereocenters. The van der Waals surface area contributed by atoms with E-state index in [9.17, 15) is 9.59 Å². The van der Waals surface area contributed by atoms with Crippen LogP contribution < -0.4 is 10.6 Å². The van der Waals surface area contributed by atoms with Crippen LogP contribution in [0.5, 0.6) is 0 Å². The number of hydrogen-bond donors (Lipinski definition) is 1. The van der Waals surface area contributed by atoms with Crippen molar-refractivity contribution >= 4 is 17.7 Å². The van der Waals surface area contributed by atoms with Crippen molar-refractivity contribution in [1.29, 1.82) is 0 Å². The molecule has 1 aromatic carbocycles. The number of primary amides is 1. The van der Waals surface area contributed by atoms with Crippen molar-refractivity contribution in [3.05, 3.63) is 29.8 Å². The summed E-state index contributed by atoms with van der Waals surface area (Å²) in [6, 6.07) is 7.25. The largest absolute Gasteiger partial charge is 0.443 e. The second-order valence-electron chi connectivity index (χ2n) is 5.60. The number of benzene rings is 1. The van der Waals surface area contributed by atoms with E-state index in [1.807, 2.05) is 18.2 Å². The van der Waals surface area contributed by atoms with Crippen LogP contribution in [-0.4, -0.2) is 24.1 Å². The summed E-state index contributed by atoms with van der Waals surface area (Å²) in [4.78, 5) is 25.1. The summed E-state index contributed by atoms with van der Waals surface area (Å²) < 4.78 is 5.34. The number of rotatable bonds is 1. The smallest absolute Gasteiger partial charge is 0.414 e. The number of para-hydroxylation sites is 1. The zero-order valence-electron chi connectivity index (χ0n) is 11.3. The highest BCUT2D eigenvalue weighted by Crippen LogP contribution is 2.36. The highest BCUT2D eigenvalue weighted by molar-refractivity contribution is 5.96. The van der Waals surface area contributed by atoms with E-state index in [4.69, 9.17) is 10.5 Å². The van der Waals surface area contributed by atoms with E-state index in [0.717, 1.165) is 5.56 Å². The summed E-state index contributed by atoms with van der Waals surface area (Å²) in [5.74, 6) is -0.901. The normalized spacial score (nSPS) is 18.1. The predicted octanol–water partition coefficient (Wildman–Crippen LogP) is 2.01. The van der Waals surface area contributed by atoms with E-state index in [1.54, 1.807) is 26.8 Å². The summed E-state index contributed by atoms with van der Waals surface area (Å²) in [6.45, 7) is 5.65. The maximum Gasteiger partial charge on any atom is 0.414 e. The number of carbonyl (C=O) groups excluding carboxylic acids is 2. The SMILES string of the molecule is CC(C)(C)OC(=O)N1C[C@H](C(N)=O)c2ccccc21. The molecule has 0 spiro atoms. The second-order valence-corrected chi connectivity index (χ2v) is 5.60. The molecule has 1 aliphatic rings. The first-order valence-electron chi connectivity index (χ1n) is 6.18. The number of fused-ring (bicyclic) bond motifs is 1. The highest BCUT2D eigenvalue weighted by Gasteiger charge is 2.37. The van der Waals surface area contributed by atoms with Gasteiger partial charge in [0.1, 0.15) is 5.60 Å². The monoisotopic (exact) mass is 262 g/mol. The molecule has 0 fully saturated rings. The van der Waals surface area contributed by atoms with Crippen molar-refractivity contribution < 1.29 is 14.3 Å². The Hall–Kier alpha value is -2.04. The Morgan fingerprint density at radius 3 is 2.53 bits per heavy atom. The van der Waals surface area contributed by atoms with Crippen molar-refractivity contribution in [2.75, 3.05) is 11.4 Å². The first kappa shape index (κ1) is 13.4. The van der Waals surface area contributed by atoms with Crippen LogP contribution in [0.3, 0.4) is 0 Å². The first-order valence-corrected chi connectivity index (χ1v) is 6.18. The summed E-state index contributed by atoms with van der Waals surface area (Å²) in [5.41, 5.74) is 6.29. The van der Waals surface area contributed by atoms with Crippen molar-refractivity contribution in [1.82, 2.24) is 0 Å². The number of amides is 2. The molecule has 1 atom stereocenters. The molecule has 0 radical (unpaired) electrons. The van der Waals surface area contributed by atoms with Crippen molar-refractivity contribution in [2.45, 2.75) is 32.3 Å². The van der Waals surface area contributed by atoms with Crippen LogP contribution in [-0.2, 0) is 9.53 Å². The van der Waals surface area contributed by atoms with Crippen molar-refractivity contribution in [2.24, 2.45) is 5.73 Å².